The standard InChI is InChI=1S/C33H64N6O14/c34-9-20-24(44)25(45)22(37)31(49-20)52-28-21(13-42)50-32(26(28)46)53-29-23(43)16(7-15(11-40)12-41)8-19(36)27(29)51-30-18(35)2-1-17(48-30)10-39-14-33(47)3-5-38-6-4-33/h15-32,38-47H,1-14,34-37H2/t16-,17+,18-,19+,20+,21-,22-,23+,24-,25-,26-,27-,28-,29-,30-,31-,32+/m1/s1. The minimum absolute atomic E-state index is 0.160. The highest BCUT2D eigenvalue weighted by Crippen LogP contribution is 2.38. The monoisotopic (exact) mass is 768 g/mol. The van der Waals surface area contributed by atoms with Gasteiger partial charge in [-0.25, -0.2) is 0 Å². The van der Waals surface area contributed by atoms with Crippen molar-refractivity contribution in [3.8, 4) is 0 Å². The first-order valence-corrected chi connectivity index (χ1v) is 18.9. The maximum absolute atomic E-state index is 11.8. The van der Waals surface area contributed by atoms with Crippen LogP contribution in [0.15, 0.2) is 0 Å². The summed E-state index contributed by atoms with van der Waals surface area (Å²) in [6.45, 7) is 0.897. The van der Waals surface area contributed by atoms with E-state index >= 15 is 0 Å². The van der Waals surface area contributed by atoms with Crippen molar-refractivity contribution < 1.29 is 69.3 Å². The number of nitrogens with two attached hydrogens (primary N) is 4. The van der Waals surface area contributed by atoms with Gasteiger partial charge in [0.15, 0.2) is 18.9 Å². The van der Waals surface area contributed by atoms with Crippen LogP contribution >= 0.6 is 0 Å². The Kier molecular flexibility index (Phi) is 16.0. The van der Waals surface area contributed by atoms with Gasteiger partial charge in [-0.2, -0.15) is 0 Å². The van der Waals surface area contributed by atoms with Gasteiger partial charge < -0.3 is 103 Å². The molecule has 4 heterocycles. The van der Waals surface area contributed by atoms with Crippen LogP contribution in [0.2, 0.25) is 0 Å². The minimum Gasteiger partial charge on any atom is -0.396 e. The lowest BCUT2D eigenvalue weighted by atomic mass is 9.75. The number of aliphatic hydroxyl groups excluding tert-OH is 7. The zero-order valence-electron chi connectivity index (χ0n) is 30.1. The molecule has 0 aromatic carbocycles. The predicted molar refractivity (Wildman–Crippen MR) is 184 cm³/mol. The summed E-state index contributed by atoms with van der Waals surface area (Å²) in [5, 5.41) is 91.1. The van der Waals surface area contributed by atoms with Crippen molar-refractivity contribution in [1.29, 1.82) is 0 Å². The molecule has 18 N–H and O–H groups in total. The molecule has 5 fully saturated rings. The molecular weight excluding hydrogens is 704 g/mol. The van der Waals surface area contributed by atoms with Gasteiger partial charge in [0.05, 0.1) is 36.5 Å². The summed E-state index contributed by atoms with van der Waals surface area (Å²) in [4.78, 5) is 0. The average Bonchev–Trinajstić information content (AvgIpc) is 3.44. The van der Waals surface area contributed by atoms with E-state index in [0.29, 0.717) is 38.8 Å². The Balaban J connectivity index is 1.29. The van der Waals surface area contributed by atoms with E-state index in [9.17, 15) is 40.9 Å². The fourth-order valence-corrected chi connectivity index (χ4v) is 8.09. The van der Waals surface area contributed by atoms with E-state index < -0.39 is 116 Å². The second-order valence-corrected chi connectivity index (χ2v) is 15.4. The molecule has 0 bridgehead atoms. The number of nitrogens with one attached hydrogen (secondary N) is 2. The molecule has 0 spiro atoms. The first-order valence-electron chi connectivity index (χ1n) is 18.9. The summed E-state index contributed by atoms with van der Waals surface area (Å²) >= 11 is 0. The first kappa shape index (κ1) is 43.3. The molecule has 0 unspecified atom stereocenters. The van der Waals surface area contributed by atoms with E-state index in [0.717, 1.165) is 13.1 Å². The molecule has 4 saturated heterocycles. The summed E-state index contributed by atoms with van der Waals surface area (Å²) in [6.07, 6.45) is -12.7. The molecule has 0 radical (unpaired) electrons. The van der Waals surface area contributed by atoms with Gasteiger partial charge in [0, 0.05) is 44.8 Å². The summed E-state index contributed by atoms with van der Waals surface area (Å²) in [7, 11) is 0. The smallest absolute Gasteiger partial charge is 0.187 e. The number of ether oxygens (including phenoxy) is 6. The summed E-state index contributed by atoms with van der Waals surface area (Å²) < 4.78 is 36.5. The molecule has 5 rings (SSSR count). The molecule has 17 atom stereocenters. The second-order valence-electron chi connectivity index (χ2n) is 15.4. The third-order valence-electron chi connectivity index (χ3n) is 11.5. The van der Waals surface area contributed by atoms with Crippen molar-refractivity contribution in [2.75, 3.05) is 52.5 Å². The SMILES string of the molecule is NC[C@@H]1O[C@H](O[C@H]2[C@@H](O)[C@H](O[C@@H]3[C@@H](O)[C@H](CC(CO)CO)C[C@H](N)[C@H]3O[C@H]3O[C@H](CNCC4(O)CCNCC4)CC[C@H]3N)O[C@@H]2CO)[C@H](N)[C@@H](O)[C@@H]1O. The zero-order chi connectivity index (χ0) is 38.4. The van der Waals surface area contributed by atoms with Crippen LogP contribution in [0.5, 0.6) is 0 Å². The third-order valence-corrected chi connectivity index (χ3v) is 11.5. The van der Waals surface area contributed by atoms with Crippen LogP contribution in [-0.4, -0.2) is 197 Å². The molecule has 5 aliphatic rings. The van der Waals surface area contributed by atoms with Crippen molar-refractivity contribution in [3.63, 3.8) is 0 Å². The Labute approximate surface area is 309 Å². The highest BCUT2D eigenvalue weighted by atomic mass is 16.8. The maximum atomic E-state index is 11.8. The Morgan fingerprint density at radius 2 is 1.42 bits per heavy atom. The van der Waals surface area contributed by atoms with Gasteiger partial charge in [0.1, 0.15) is 48.8 Å². The lowest BCUT2D eigenvalue weighted by Gasteiger charge is -2.47. The summed E-state index contributed by atoms with van der Waals surface area (Å²) in [5.41, 5.74) is 24.1. The van der Waals surface area contributed by atoms with Crippen LogP contribution in [0, 0.1) is 11.8 Å². The van der Waals surface area contributed by atoms with Crippen molar-refractivity contribution in [2.24, 2.45) is 34.8 Å². The Bertz CT molecular complexity index is 1100. The van der Waals surface area contributed by atoms with Gasteiger partial charge in [-0.05, 0) is 57.5 Å². The first-order chi connectivity index (χ1) is 25.3. The van der Waals surface area contributed by atoms with Crippen LogP contribution in [0.3, 0.4) is 0 Å². The Hall–Kier alpha value is -0.800. The highest BCUT2D eigenvalue weighted by molar-refractivity contribution is 5.00. The molecule has 1 aliphatic carbocycles. The van der Waals surface area contributed by atoms with E-state index in [1.54, 1.807) is 0 Å². The molecule has 310 valence electrons. The zero-order valence-corrected chi connectivity index (χ0v) is 30.1. The fourth-order valence-electron chi connectivity index (χ4n) is 8.09. The topological polar surface area (TPSA) is 345 Å². The summed E-state index contributed by atoms with van der Waals surface area (Å²) in [5.74, 6) is -1.10. The molecule has 20 nitrogen and oxygen atoms in total. The molecule has 4 aliphatic heterocycles. The fraction of sp³-hybridized carbons (Fsp3) is 1.00. The normalized spacial score (nSPS) is 45.1. The van der Waals surface area contributed by atoms with E-state index in [1.807, 2.05) is 0 Å². The number of hydrogen-bond donors (Lipinski definition) is 14. The van der Waals surface area contributed by atoms with Gasteiger partial charge in [0.2, 0.25) is 0 Å². The van der Waals surface area contributed by atoms with Gasteiger partial charge >= 0.3 is 0 Å². The van der Waals surface area contributed by atoms with Crippen molar-refractivity contribution in [3.05, 3.63) is 0 Å². The van der Waals surface area contributed by atoms with Gasteiger partial charge in [-0.3, -0.25) is 0 Å². The van der Waals surface area contributed by atoms with E-state index in [1.165, 1.54) is 0 Å². The van der Waals surface area contributed by atoms with Gasteiger partial charge in [0.25, 0.3) is 0 Å². The van der Waals surface area contributed by atoms with Crippen LogP contribution in [-0.2, 0) is 28.4 Å². The third kappa shape index (κ3) is 10.4. The van der Waals surface area contributed by atoms with E-state index in [4.69, 9.17) is 51.4 Å². The van der Waals surface area contributed by atoms with Crippen molar-refractivity contribution >= 4 is 0 Å². The Morgan fingerprint density at radius 1 is 0.755 bits per heavy atom. The van der Waals surface area contributed by atoms with Crippen LogP contribution in [0.25, 0.3) is 0 Å². The van der Waals surface area contributed by atoms with Gasteiger partial charge in [-0.1, -0.05) is 0 Å². The molecular formula is C33H64N6O14. The number of rotatable bonds is 16. The lowest BCUT2D eigenvalue weighted by molar-refractivity contribution is -0.293. The van der Waals surface area contributed by atoms with Crippen LogP contribution in [0.1, 0.15) is 38.5 Å². The van der Waals surface area contributed by atoms with E-state index in [2.05, 4.69) is 10.6 Å². The molecule has 1 saturated carbocycles. The van der Waals surface area contributed by atoms with E-state index in [-0.39, 0.29) is 38.7 Å². The van der Waals surface area contributed by atoms with Crippen LogP contribution < -0.4 is 33.6 Å². The van der Waals surface area contributed by atoms with Crippen molar-refractivity contribution in [1.82, 2.24) is 10.6 Å². The quantitative estimate of drug-likeness (QED) is 0.0694. The molecule has 20 heteroatoms. The van der Waals surface area contributed by atoms with Crippen molar-refractivity contribution in [2.45, 2.75) is 142 Å². The second kappa shape index (κ2) is 19.6. The highest BCUT2D eigenvalue weighted by Gasteiger charge is 2.54. The molecule has 0 amide bonds. The lowest BCUT2D eigenvalue weighted by Crippen LogP contribution is -2.64. The maximum Gasteiger partial charge on any atom is 0.187 e. The largest absolute Gasteiger partial charge is 0.396 e. The van der Waals surface area contributed by atoms with Gasteiger partial charge in [-0.15, -0.1) is 0 Å². The number of aliphatic hydroxyl groups is 8. The molecule has 0 aromatic rings. The number of piperidine rings is 1. The molecule has 0 aromatic heterocycles. The summed E-state index contributed by atoms with van der Waals surface area (Å²) in [6, 6.07) is -2.55. The minimum atomic E-state index is -1.59. The van der Waals surface area contributed by atoms with Crippen LogP contribution in [0.4, 0.5) is 0 Å². The molecule has 53 heavy (non-hydrogen) atoms. The average molecular weight is 769 g/mol. The number of hydrogen-bond acceptors (Lipinski definition) is 20. The predicted octanol–water partition coefficient (Wildman–Crippen LogP) is -6.81. The Morgan fingerprint density at radius 3 is 2.08 bits per heavy atom.